The molecule has 5 rings (SSSR count). The molecule has 130 valence electrons. The lowest BCUT2D eigenvalue weighted by molar-refractivity contribution is 0.0653. The van der Waals surface area contributed by atoms with Crippen molar-refractivity contribution >= 4 is 11.7 Å². The topological polar surface area (TPSA) is 46.6 Å². The van der Waals surface area contributed by atoms with Gasteiger partial charge in [-0.15, -0.1) is 0 Å². The average Bonchev–Trinajstić information content (AvgIpc) is 3.40. The zero-order valence-corrected chi connectivity index (χ0v) is 14.2. The highest BCUT2D eigenvalue weighted by atomic mass is 16.5. The number of nitrogens with zero attached hydrogens (tertiary/aromatic N) is 1. The number of carbonyl (C=O) groups excluding carboxylic acids is 2. The van der Waals surface area contributed by atoms with Crippen LogP contribution in [0.25, 0.3) is 0 Å². The van der Waals surface area contributed by atoms with E-state index in [4.69, 9.17) is 4.74 Å². The van der Waals surface area contributed by atoms with Gasteiger partial charge >= 0.3 is 0 Å². The number of likely N-dealkylation sites (tertiary alicyclic amines) is 1. The molecule has 2 bridgehead atoms. The van der Waals surface area contributed by atoms with Crippen LogP contribution in [0, 0.1) is 11.8 Å². The van der Waals surface area contributed by atoms with E-state index in [2.05, 4.69) is 12.2 Å². The van der Waals surface area contributed by atoms with Gasteiger partial charge in [-0.25, -0.2) is 0 Å². The first kappa shape index (κ1) is 15.5. The molecule has 0 aliphatic carbocycles. The minimum atomic E-state index is -0.112. The third kappa shape index (κ3) is 2.33. The molecule has 4 heteroatoms. The van der Waals surface area contributed by atoms with Gasteiger partial charge in [0.2, 0.25) is 0 Å². The molecule has 3 aliphatic heterocycles. The van der Waals surface area contributed by atoms with Gasteiger partial charge in [0.25, 0.3) is 5.91 Å². The summed E-state index contributed by atoms with van der Waals surface area (Å²) in [6, 6.07) is 16.2. The van der Waals surface area contributed by atoms with Crippen molar-refractivity contribution in [1.29, 1.82) is 0 Å². The normalized spacial score (nSPS) is 28.4. The van der Waals surface area contributed by atoms with Gasteiger partial charge < -0.3 is 9.64 Å². The van der Waals surface area contributed by atoms with Crippen LogP contribution < -0.4 is 0 Å². The molecule has 0 aromatic heterocycles. The SMILES string of the molecule is O=C(c1ccccc1)c1ccccc1C(=O)N1C[C@H]2[C@H](C1)[C@H]1C=C[C@H]2O1. The van der Waals surface area contributed by atoms with E-state index in [0.717, 1.165) is 0 Å². The first-order chi connectivity index (χ1) is 12.7. The predicted molar refractivity (Wildman–Crippen MR) is 97.0 cm³/mol. The summed E-state index contributed by atoms with van der Waals surface area (Å²) in [5, 5.41) is 0. The van der Waals surface area contributed by atoms with Crippen LogP contribution in [0.1, 0.15) is 26.3 Å². The fourth-order valence-corrected chi connectivity index (χ4v) is 4.48. The number of amides is 1. The monoisotopic (exact) mass is 345 g/mol. The maximum atomic E-state index is 13.2. The maximum Gasteiger partial charge on any atom is 0.254 e. The van der Waals surface area contributed by atoms with Crippen molar-refractivity contribution in [3.8, 4) is 0 Å². The second-order valence-electron chi connectivity index (χ2n) is 7.23. The molecule has 2 aromatic rings. The van der Waals surface area contributed by atoms with Crippen molar-refractivity contribution in [3.05, 3.63) is 83.4 Å². The Morgan fingerprint density at radius 2 is 1.38 bits per heavy atom. The van der Waals surface area contributed by atoms with Crippen LogP contribution in [-0.4, -0.2) is 41.9 Å². The van der Waals surface area contributed by atoms with Gasteiger partial charge in [0.15, 0.2) is 5.78 Å². The summed E-state index contributed by atoms with van der Waals surface area (Å²) in [6.45, 7) is 1.39. The lowest BCUT2D eigenvalue weighted by Crippen LogP contribution is -2.32. The summed E-state index contributed by atoms with van der Waals surface area (Å²) < 4.78 is 5.89. The average molecular weight is 345 g/mol. The number of hydrogen-bond acceptors (Lipinski definition) is 3. The Hall–Kier alpha value is -2.72. The predicted octanol–water partition coefficient (Wildman–Crippen LogP) is 2.94. The van der Waals surface area contributed by atoms with Gasteiger partial charge in [-0.05, 0) is 6.07 Å². The maximum absolute atomic E-state index is 13.2. The number of carbonyl (C=O) groups is 2. The van der Waals surface area contributed by atoms with E-state index in [-0.39, 0.29) is 23.9 Å². The molecular formula is C22H19NO3. The second-order valence-corrected chi connectivity index (χ2v) is 7.23. The Morgan fingerprint density at radius 3 is 2.04 bits per heavy atom. The van der Waals surface area contributed by atoms with Gasteiger partial charge in [0, 0.05) is 36.1 Å². The van der Waals surface area contributed by atoms with Crippen molar-refractivity contribution in [2.75, 3.05) is 13.1 Å². The van der Waals surface area contributed by atoms with E-state index in [9.17, 15) is 9.59 Å². The first-order valence-corrected chi connectivity index (χ1v) is 9.04. The summed E-state index contributed by atoms with van der Waals surface area (Å²) >= 11 is 0. The second kappa shape index (κ2) is 5.92. The van der Waals surface area contributed by atoms with Gasteiger partial charge in [-0.3, -0.25) is 9.59 Å². The molecule has 26 heavy (non-hydrogen) atoms. The molecule has 4 nitrogen and oxygen atoms in total. The number of fused-ring (bicyclic) bond motifs is 5. The summed E-state index contributed by atoms with van der Waals surface area (Å²) in [4.78, 5) is 28.0. The number of ether oxygens (including phenoxy) is 1. The third-order valence-corrected chi connectivity index (χ3v) is 5.79. The third-order valence-electron chi connectivity index (χ3n) is 5.79. The van der Waals surface area contributed by atoms with Crippen molar-refractivity contribution in [3.63, 3.8) is 0 Å². The fraction of sp³-hybridized carbons (Fsp3) is 0.273. The Bertz CT molecular complexity index is 885. The van der Waals surface area contributed by atoms with E-state index < -0.39 is 0 Å². The largest absolute Gasteiger partial charge is 0.366 e. The van der Waals surface area contributed by atoms with Gasteiger partial charge in [-0.2, -0.15) is 0 Å². The molecule has 3 aliphatic rings. The van der Waals surface area contributed by atoms with Crippen LogP contribution in [0.5, 0.6) is 0 Å². The quantitative estimate of drug-likeness (QED) is 0.635. The minimum absolute atomic E-state index is 0.0568. The highest BCUT2D eigenvalue weighted by molar-refractivity contribution is 6.15. The van der Waals surface area contributed by atoms with Crippen LogP contribution in [0.2, 0.25) is 0 Å². The molecule has 4 atom stereocenters. The molecule has 0 radical (unpaired) electrons. The van der Waals surface area contributed by atoms with Gasteiger partial charge in [-0.1, -0.05) is 60.7 Å². The zero-order chi connectivity index (χ0) is 17.7. The van der Waals surface area contributed by atoms with E-state index in [1.54, 1.807) is 24.3 Å². The van der Waals surface area contributed by atoms with Crippen LogP contribution in [-0.2, 0) is 4.74 Å². The Balaban J connectivity index is 1.43. The van der Waals surface area contributed by atoms with Gasteiger partial charge in [0.05, 0.1) is 17.8 Å². The first-order valence-electron chi connectivity index (χ1n) is 9.04. The number of rotatable bonds is 3. The van der Waals surface area contributed by atoms with Crippen molar-refractivity contribution in [2.24, 2.45) is 11.8 Å². The minimum Gasteiger partial charge on any atom is -0.366 e. The van der Waals surface area contributed by atoms with Crippen molar-refractivity contribution in [1.82, 2.24) is 4.90 Å². The van der Waals surface area contributed by atoms with E-state index in [1.165, 1.54) is 0 Å². The van der Waals surface area contributed by atoms with Crippen LogP contribution >= 0.6 is 0 Å². The fourth-order valence-electron chi connectivity index (χ4n) is 4.48. The molecule has 0 N–H and O–H groups in total. The standard InChI is InChI=1S/C22H19NO3/c24-21(14-6-2-1-3-7-14)15-8-4-5-9-16(15)22(25)23-12-17-18(13-23)20-11-10-19(17)26-20/h1-11,17-20H,12-13H2/t17-,18-,19+,20+/m0/s1. The lowest BCUT2D eigenvalue weighted by atomic mass is 9.86. The Kier molecular flexibility index (Phi) is 3.54. The molecule has 2 aromatic carbocycles. The Labute approximate surface area is 152 Å². The van der Waals surface area contributed by atoms with Crippen molar-refractivity contribution in [2.45, 2.75) is 12.2 Å². The highest BCUT2D eigenvalue weighted by Gasteiger charge is 2.51. The van der Waals surface area contributed by atoms with Crippen LogP contribution in [0.4, 0.5) is 0 Å². The molecule has 1 amide bonds. The molecule has 0 saturated carbocycles. The van der Waals surface area contributed by atoms with Crippen LogP contribution in [0.15, 0.2) is 66.7 Å². The number of benzene rings is 2. The molecule has 3 heterocycles. The van der Waals surface area contributed by atoms with Gasteiger partial charge in [0.1, 0.15) is 0 Å². The summed E-state index contributed by atoms with van der Waals surface area (Å²) in [5.41, 5.74) is 1.56. The number of hydrogen-bond donors (Lipinski definition) is 0. The summed E-state index contributed by atoms with van der Waals surface area (Å²) in [5.74, 6) is 0.592. The number of ketones is 1. The summed E-state index contributed by atoms with van der Waals surface area (Å²) in [6.07, 6.45) is 4.52. The lowest BCUT2D eigenvalue weighted by Gasteiger charge is -2.20. The van der Waals surface area contributed by atoms with E-state index in [1.807, 2.05) is 35.2 Å². The van der Waals surface area contributed by atoms with E-state index in [0.29, 0.717) is 41.6 Å². The molecule has 0 unspecified atom stereocenters. The molecule has 2 saturated heterocycles. The zero-order valence-electron chi connectivity index (χ0n) is 14.2. The van der Waals surface area contributed by atoms with E-state index >= 15 is 0 Å². The van der Waals surface area contributed by atoms with Crippen molar-refractivity contribution < 1.29 is 14.3 Å². The molecule has 0 spiro atoms. The van der Waals surface area contributed by atoms with Crippen LogP contribution in [0.3, 0.4) is 0 Å². The smallest absolute Gasteiger partial charge is 0.254 e. The molecule has 2 fully saturated rings. The molecular weight excluding hydrogens is 326 g/mol. The highest BCUT2D eigenvalue weighted by Crippen LogP contribution is 2.43. The Morgan fingerprint density at radius 1 is 0.808 bits per heavy atom. The summed E-state index contributed by atoms with van der Waals surface area (Å²) in [7, 11) is 0.